The molecule has 3 N–H and O–H groups in total. The monoisotopic (exact) mass is 892 g/mol. The average Bonchev–Trinajstić information content (AvgIpc) is 3.29. The van der Waals surface area contributed by atoms with Crippen molar-refractivity contribution in [3.05, 3.63) is 85.1 Å². The van der Waals surface area contributed by atoms with E-state index in [0.29, 0.717) is 19.3 Å². The van der Waals surface area contributed by atoms with Crippen LogP contribution >= 0.6 is 0 Å². The van der Waals surface area contributed by atoms with Crippen LogP contribution < -0.4 is 5.32 Å². The topological polar surface area (TPSA) is 95.9 Å². The zero-order valence-electron chi connectivity index (χ0n) is 41.9. The third-order valence-corrected chi connectivity index (χ3v) is 11.7. The molecule has 0 bridgehead atoms. The number of hydrogen-bond donors (Lipinski definition) is 3. The summed E-state index contributed by atoms with van der Waals surface area (Å²) in [5.41, 5.74) is 0. The second-order valence-electron chi connectivity index (χ2n) is 17.9. The highest BCUT2D eigenvalue weighted by atomic mass is 16.5. The van der Waals surface area contributed by atoms with Gasteiger partial charge < -0.3 is 20.3 Å². The Bertz CT molecular complexity index is 1230. The average molecular weight is 892 g/mol. The van der Waals surface area contributed by atoms with Gasteiger partial charge in [-0.15, -0.1) is 0 Å². The molecule has 1 amide bonds. The summed E-state index contributed by atoms with van der Waals surface area (Å²) < 4.78 is 5.83. The molecule has 0 aliphatic rings. The molecule has 0 aromatic rings. The lowest BCUT2D eigenvalue weighted by atomic mass is 10.0. The van der Waals surface area contributed by atoms with Gasteiger partial charge in [0.2, 0.25) is 5.91 Å². The molecule has 0 radical (unpaired) electrons. The number of aliphatic hydroxyl groups excluding tert-OH is 2. The lowest BCUT2D eigenvalue weighted by molar-refractivity contribution is -0.148. The summed E-state index contributed by atoms with van der Waals surface area (Å²) in [5, 5.41) is 23.7. The molecule has 0 rings (SSSR count). The van der Waals surface area contributed by atoms with Gasteiger partial charge >= 0.3 is 5.97 Å². The minimum Gasteiger partial charge on any atom is -0.458 e. The van der Waals surface area contributed by atoms with Gasteiger partial charge in [0.05, 0.1) is 25.2 Å². The van der Waals surface area contributed by atoms with Gasteiger partial charge in [-0.2, -0.15) is 0 Å². The van der Waals surface area contributed by atoms with Gasteiger partial charge in [0.1, 0.15) is 6.10 Å². The Hall–Kier alpha value is -2.96. The predicted octanol–water partition coefficient (Wildman–Crippen LogP) is 16.3. The maximum absolute atomic E-state index is 13.2. The summed E-state index contributed by atoms with van der Waals surface area (Å²) in [4.78, 5) is 26.1. The van der Waals surface area contributed by atoms with Crippen molar-refractivity contribution in [1.29, 1.82) is 0 Å². The Morgan fingerprint density at radius 1 is 0.484 bits per heavy atom. The molecule has 0 saturated heterocycles. The van der Waals surface area contributed by atoms with Crippen molar-refractivity contribution in [2.75, 3.05) is 6.61 Å². The Kier molecular flexibility index (Phi) is 48.7. The first-order valence-electron chi connectivity index (χ1n) is 26.8. The van der Waals surface area contributed by atoms with Crippen LogP contribution in [-0.2, 0) is 14.3 Å². The minimum absolute atomic E-state index is 0.0517. The number of carbonyl (C=O) groups excluding carboxylic acids is 2. The highest BCUT2D eigenvalue weighted by molar-refractivity contribution is 5.78. The molecule has 0 saturated carbocycles. The van der Waals surface area contributed by atoms with E-state index in [0.717, 1.165) is 70.6 Å². The molecule has 0 aromatic carbocycles. The Balaban J connectivity index is 4.77. The third-order valence-electron chi connectivity index (χ3n) is 11.7. The fourth-order valence-corrected chi connectivity index (χ4v) is 7.66. The smallest absolute Gasteiger partial charge is 0.306 e. The van der Waals surface area contributed by atoms with Crippen LogP contribution in [0.4, 0.5) is 0 Å². The number of esters is 1. The van der Waals surface area contributed by atoms with E-state index in [9.17, 15) is 19.8 Å². The van der Waals surface area contributed by atoms with Crippen LogP contribution in [0, 0.1) is 0 Å². The van der Waals surface area contributed by atoms with Gasteiger partial charge in [-0.25, -0.2) is 0 Å². The summed E-state index contributed by atoms with van der Waals surface area (Å²) >= 11 is 0. The zero-order valence-corrected chi connectivity index (χ0v) is 41.9. The van der Waals surface area contributed by atoms with Crippen molar-refractivity contribution >= 4 is 11.9 Å². The van der Waals surface area contributed by atoms with Crippen LogP contribution in [0.15, 0.2) is 85.1 Å². The molecule has 64 heavy (non-hydrogen) atoms. The van der Waals surface area contributed by atoms with Crippen molar-refractivity contribution in [2.24, 2.45) is 0 Å². The van der Waals surface area contributed by atoms with Crippen LogP contribution in [0.2, 0.25) is 0 Å². The molecule has 0 spiro atoms. The predicted molar refractivity (Wildman–Crippen MR) is 278 cm³/mol. The van der Waals surface area contributed by atoms with E-state index in [1.807, 2.05) is 6.08 Å². The zero-order chi connectivity index (χ0) is 46.7. The molecular formula is C58H101NO5. The number of allylic oxidation sites excluding steroid dienone is 13. The van der Waals surface area contributed by atoms with Crippen LogP contribution in [0.5, 0.6) is 0 Å². The fourth-order valence-electron chi connectivity index (χ4n) is 7.66. The molecule has 368 valence electrons. The van der Waals surface area contributed by atoms with Crippen LogP contribution in [-0.4, -0.2) is 46.9 Å². The molecule has 0 aromatic heterocycles. The maximum atomic E-state index is 13.2. The number of hydrogen-bond acceptors (Lipinski definition) is 5. The second kappa shape index (κ2) is 51.0. The summed E-state index contributed by atoms with van der Waals surface area (Å²) in [5.74, 6) is -0.636. The van der Waals surface area contributed by atoms with Crippen LogP contribution in [0.3, 0.4) is 0 Å². The number of unbranched alkanes of at least 4 members (excludes halogenated alkanes) is 23. The van der Waals surface area contributed by atoms with E-state index in [1.165, 1.54) is 128 Å². The lowest BCUT2D eigenvalue weighted by Crippen LogP contribution is -2.46. The summed E-state index contributed by atoms with van der Waals surface area (Å²) in [7, 11) is 0. The van der Waals surface area contributed by atoms with Gasteiger partial charge in [-0.1, -0.05) is 235 Å². The summed E-state index contributed by atoms with van der Waals surface area (Å²) in [6.07, 6.45) is 66.7. The van der Waals surface area contributed by atoms with Crippen molar-refractivity contribution in [3.8, 4) is 0 Å². The minimum atomic E-state index is -0.824. The highest BCUT2D eigenvalue weighted by Crippen LogP contribution is 2.16. The molecule has 0 fully saturated rings. The first kappa shape index (κ1) is 61.0. The van der Waals surface area contributed by atoms with Gasteiger partial charge in [0, 0.05) is 6.42 Å². The standard InChI is InChI=1S/C58H101NO5/c1-4-7-10-13-16-19-22-25-27-28-30-32-34-37-40-43-46-49-54(64-58(63)51-48-45-42-39-36-33-29-26-23-20-17-14-11-8-5-2)52-57(62)59-55(53-60)56(61)50-47-44-41-38-35-31-24-21-18-15-12-9-6-3/h7,10,16,19-20,23,25,27,30,32,37,40,46,49,54-56,60-61H,4-6,8-9,11-15,17-18,21-22,24,26,28-29,31,33-36,38-39,41-45,47-48,50-53H2,1-3H3,(H,59,62)/b10-7-,19-16-,23-20-,27-25-,32-30-,40-37-,49-46-. The van der Waals surface area contributed by atoms with Gasteiger partial charge in [-0.05, 0) is 83.1 Å². The van der Waals surface area contributed by atoms with E-state index in [2.05, 4.69) is 99.0 Å². The molecule has 6 heteroatoms. The molecule has 0 heterocycles. The van der Waals surface area contributed by atoms with E-state index >= 15 is 0 Å². The molecule has 6 nitrogen and oxygen atoms in total. The summed E-state index contributed by atoms with van der Waals surface area (Å²) in [6.45, 7) is 6.32. The fraction of sp³-hybridized carbons (Fsp3) is 0.724. The maximum Gasteiger partial charge on any atom is 0.306 e. The largest absolute Gasteiger partial charge is 0.458 e. The van der Waals surface area contributed by atoms with Crippen LogP contribution in [0.25, 0.3) is 0 Å². The molecule has 0 aliphatic carbocycles. The van der Waals surface area contributed by atoms with Crippen molar-refractivity contribution in [3.63, 3.8) is 0 Å². The normalized spacial score (nSPS) is 13.9. The van der Waals surface area contributed by atoms with E-state index in [4.69, 9.17) is 4.74 Å². The van der Waals surface area contributed by atoms with Crippen molar-refractivity contribution in [1.82, 2.24) is 5.32 Å². The van der Waals surface area contributed by atoms with E-state index < -0.39 is 18.2 Å². The number of carbonyl (C=O) groups is 2. The quantitative estimate of drug-likeness (QED) is 0.0321. The Morgan fingerprint density at radius 2 is 0.875 bits per heavy atom. The third kappa shape index (κ3) is 45.6. The number of amides is 1. The first-order chi connectivity index (χ1) is 31.5. The van der Waals surface area contributed by atoms with E-state index in [-0.39, 0.29) is 24.9 Å². The van der Waals surface area contributed by atoms with Crippen molar-refractivity contribution < 1.29 is 24.5 Å². The van der Waals surface area contributed by atoms with E-state index in [1.54, 1.807) is 6.08 Å². The number of aliphatic hydroxyl groups is 2. The first-order valence-corrected chi connectivity index (χ1v) is 26.8. The molecule has 0 aliphatic heterocycles. The molecule has 3 atom stereocenters. The Labute approximate surface area is 395 Å². The number of ether oxygens (including phenoxy) is 1. The molecular weight excluding hydrogens is 791 g/mol. The second-order valence-corrected chi connectivity index (χ2v) is 17.9. The van der Waals surface area contributed by atoms with Gasteiger partial charge in [0.15, 0.2) is 0 Å². The molecule has 3 unspecified atom stereocenters. The number of nitrogens with one attached hydrogen (secondary N) is 1. The van der Waals surface area contributed by atoms with Gasteiger partial charge in [0.25, 0.3) is 0 Å². The highest BCUT2D eigenvalue weighted by Gasteiger charge is 2.23. The lowest BCUT2D eigenvalue weighted by Gasteiger charge is -2.23. The summed E-state index contributed by atoms with van der Waals surface area (Å²) in [6, 6.07) is -0.747. The van der Waals surface area contributed by atoms with Gasteiger partial charge in [-0.3, -0.25) is 9.59 Å². The van der Waals surface area contributed by atoms with Crippen LogP contribution in [0.1, 0.15) is 245 Å². The number of rotatable bonds is 47. The Morgan fingerprint density at radius 3 is 1.33 bits per heavy atom. The van der Waals surface area contributed by atoms with Crippen molar-refractivity contribution in [2.45, 2.75) is 264 Å². The SMILES string of the molecule is CC/C=C\C/C=C\C/C=C\C/C=C\C/C=C\C/C=C\C(CC(=O)NC(CO)C(O)CCCCCCCCCCCCCCC)OC(=O)CCCCCCCCC/C=C\CCCCCC.